The minimum Gasteiger partial charge on any atom is -0.504 e. The summed E-state index contributed by atoms with van der Waals surface area (Å²) in [7, 11) is 0. The Balaban J connectivity index is 1.62. The van der Waals surface area contributed by atoms with E-state index < -0.39 is 0 Å². The molecule has 0 aliphatic heterocycles. The van der Waals surface area contributed by atoms with Crippen molar-refractivity contribution in [2.45, 2.75) is 0 Å². The molecule has 0 fully saturated rings. The van der Waals surface area contributed by atoms with Gasteiger partial charge in [-0.05, 0) is 56.9 Å². The molecular weight excluding hydrogens is 370 g/mol. The van der Waals surface area contributed by atoms with Crippen LogP contribution < -0.4 is 0 Å². The average Bonchev–Trinajstić information content (AvgIpc) is 3.18. The van der Waals surface area contributed by atoms with Gasteiger partial charge in [-0.15, -0.1) is 0 Å². The fourth-order valence-electron chi connectivity index (χ4n) is 4.42. The molecule has 0 aliphatic rings. The number of fused-ring (bicyclic) bond motifs is 6. The summed E-state index contributed by atoms with van der Waals surface area (Å²) >= 11 is 0. The SMILES string of the molecule is N=Cc1cccc2oc3c(O)cc(-c4ccc5c(ccc6ccccc65)c4)cc3c12. The van der Waals surface area contributed by atoms with Crippen LogP contribution in [-0.2, 0) is 0 Å². The third kappa shape index (κ3) is 2.36. The van der Waals surface area contributed by atoms with Gasteiger partial charge in [-0.25, -0.2) is 0 Å². The second kappa shape index (κ2) is 6.19. The highest BCUT2D eigenvalue weighted by molar-refractivity contribution is 6.15. The Bertz CT molecular complexity index is 1630. The minimum atomic E-state index is 0.105. The average molecular weight is 387 g/mol. The number of rotatable bonds is 2. The number of furan rings is 1. The normalized spacial score (nSPS) is 11.6. The fraction of sp³-hybridized carbons (Fsp3) is 0. The van der Waals surface area contributed by atoms with Crippen LogP contribution in [0.1, 0.15) is 5.56 Å². The summed E-state index contributed by atoms with van der Waals surface area (Å²) in [6.45, 7) is 0. The van der Waals surface area contributed by atoms with Gasteiger partial charge in [0, 0.05) is 22.6 Å². The topological polar surface area (TPSA) is 57.2 Å². The Morgan fingerprint density at radius 2 is 1.53 bits per heavy atom. The van der Waals surface area contributed by atoms with Gasteiger partial charge in [-0.2, -0.15) is 0 Å². The highest BCUT2D eigenvalue weighted by atomic mass is 16.4. The maximum absolute atomic E-state index is 10.7. The van der Waals surface area contributed by atoms with Crippen molar-refractivity contribution in [3.05, 3.63) is 90.5 Å². The number of hydrogen-bond donors (Lipinski definition) is 2. The van der Waals surface area contributed by atoms with E-state index in [-0.39, 0.29) is 5.75 Å². The zero-order valence-electron chi connectivity index (χ0n) is 16.0. The van der Waals surface area contributed by atoms with Crippen LogP contribution in [0.4, 0.5) is 0 Å². The van der Waals surface area contributed by atoms with Gasteiger partial charge in [0.25, 0.3) is 0 Å². The third-order valence-corrected chi connectivity index (χ3v) is 5.84. The maximum atomic E-state index is 10.7. The van der Waals surface area contributed by atoms with E-state index in [9.17, 15) is 5.11 Å². The monoisotopic (exact) mass is 387 g/mol. The maximum Gasteiger partial charge on any atom is 0.177 e. The van der Waals surface area contributed by atoms with Crippen LogP contribution in [0, 0.1) is 5.41 Å². The number of aromatic hydroxyl groups is 1. The molecule has 0 aliphatic carbocycles. The summed E-state index contributed by atoms with van der Waals surface area (Å²) in [6.07, 6.45) is 1.32. The first kappa shape index (κ1) is 16.8. The van der Waals surface area contributed by atoms with Gasteiger partial charge in [-0.1, -0.05) is 60.7 Å². The molecule has 3 heteroatoms. The summed E-state index contributed by atoms with van der Waals surface area (Å²) in [5, 5.41) is 24.9. The van der Waals surface area contributed by atoms with Crippen LogP contribution in [0.3, 0.4) is 0 Å². The molecule has 6 rings (SSSR count). The van der Waals surface area contributed by atoms with E-state index in [1.54, 1.807) is 6.07 Å². The number of phenols is 1. The van der Waals surface area contributed by atoms with Gasteiger partial charge in [0.05, 0.1) is 0 Å². The Hall–Kier alpha value is -4.11. The van der Waals surface area contributed by atoms with Gasteiger partial charge in [-0.3, -0.25) is 0 Å². The van der Waals surface area contributed by atoms with Crippen LogP contribution in [0.15, 0.2) is 89.3 Å². The van der Waals surface area contributed by atoms with Crippen LogP contribution in [0.2, 0.25) is 0 Å². The fourth-order valence-corrected chi connectivity index (χ4v) is 4.42. The van der Waals surface area contributed by atoms with E-state index in [2.05, 4.69) is 54.6 Å². The number of phenolic OH excluding ortho intramolecular Hbond substituents is 1. The van der Waals surface area contributed by atoms with Crippen molar-refractivity contribution in [3.8, 4) is 16.9 Å². The molecule has 5 aromatic carbocycles. The molecule has 6 aromatic rings. The van der Waals surface area contributed by atoms with Crippen molar-refractivity contribution in [3.63, 3.8) is 0 Å². The summed E-state index contributed by atoms with van der Waals surface area (Å²) in [5.41, 5.74) is 3.83. The highest BCUT2D eigenvalue weighted by Gasteiger charge is 2.15. The van der Waals surface area contributed by atoms with Gasteiger partial charge in [0.2, 0.25) is 0 Å². The molecule has 0 spiro atoms. The van der Waals surface area contributed by atoms with E-state index in [1.807, 2.05) is 24.3 Å². The standard InChI is InChI=1S/C27H17NO2/c28-15-19-5-3-7-25-26(19)23-13-20(14-24(29)27(23)30-25)17-10-11-22-18(12-17)9-8-16-4-1-2-6-21(16)22/h1-15,28-29H. The largest absolute Gasteiger partial charge is 0.504 e. The van der Waals surface area contributed by atoms with Crippen LogP contribution in [-0.4, -0.2) is 11.3 Å². The lowest BCUT2D eigenvalue weighted by atomic mass is 9.96. The zero-order valence-corrected chi connectivity index (χ0v) is 16.0. The van der Waals surface area contributed by atoms with Gasteiger partial charge >= 0.3 is 0 Å². The molecule has 0 amide bonds. The molecule has 0 saturated heterocycles. The van der Waals surface area contributed by atoms with E-state index in [1.165, 1.54) is 22.4 Å². The molecule has 1 aromatic heterocycles. The number of benzene rings is 5. The zero-order chi connectivity index (χ0) is 20.2. The van der Waals surface area contributed by atoms with Gasteiger partial charge < -0.3 is 14.9 Å². The van der Waals surface area contributed by atoms with Gasteiger partial charge in [0.15, 0.2) is 11.3 Å². The predicted octanol–water partition coefficient (Wildman–Crippen LogP) is 7.26. The van der Waals surface area contributed by atoms with Crippen molar-refractivity contribution in [1.29, 1.82) is 5.41 Å². The highest BCUT2D eigenvalue weighted by Crippen LogP contribution is 2.40. The first-order valence-electron chi connectivity index (χ1n) is 9.83. The Kier molecular flexibility index (Phi) is 3.47. The first-order valence-corrected chi connectivity index (χ1v) is 9.83. The van der Waals surface area contributed by atoms with Crippen molar-refractivity contribution in [2.24, 2.45) is 0 Å². The Morgan fingerprint density at radius 3 is 2.43 bits per heavy atom. The lowest BCUT2D eigenvalue weighted by Crippen LogP contribution is -1.83. The van der Waals surface area contributed by atoms with Crippen molar-refractivity contribution >= 4 is 49.7 Å². The molecule has 30 heavy (non-hydrogen) atoms. The molecule has 1 heterocycles. The first-order chi connectivity index (χ1) is 14.7. The molecular formula is C27H17NO2. The third-order valence-electron chi connectivity index (χ3n) is 5.84. The van der Waals surface area contributed by atoms with E-state index in [4.69, 9.17) is 9.83 Å². The van der Waals surface area contributed by atoms with E-state index in [0.29, 0.717) is 11.2 Å². The molecule has 0 bridgehead atoms. The summed E-state index contributed by atoms with van der Waals surface area (Å²) in [4.78, 5) is 0. The van der Waals surface area contributed by atoms with Crippen molar-refractivity contribution in [2.75, 3.05) is 0 Å². The second-order valence-electron chi connectivity index (χ2n) is 7.56. The Morgan fingerprint density at radius 1 is 0.700 bits per heavy atom. The van der Waals surface area contributed by atoms with Crippen LogP contribution in [0.25, 0.3) is 54.6 Å². The minimum absolute atomic E-state index is 0.105. The van der Waals surface area contributed by atoms with Gasteiger partial charge in [0.1, 0.15) is 5.58 Å². The quantitative estimate of drug-likeness (QED) is 0.243. The smallest absolute Gasteiger partial charge is 0.177 e. The van der Waals surface area contributed by atoms with Crippen LogP contribution >= 0.6 is 0 Å². The molecule has 0 saturated carbocycles. The summed E-state index contributed by atoms with van der Waals surface area (Å²) in [6, 6.07) is 28.4. The molecule has 2 N–H and O–H groups in total. The molecule has 142 valence electrons. The predicted molar refractivity (Wildman–Crippen MR) is 124 cm³/mol. The molecule has 0 atom stereocenters. The summed E-state index contributed by atoms with van der Waals surface area (Å²) < 4.78 is 5.88. The van der Waals surface area contributed by atoms with Crippen molar-refractivity contribution < 1.29 is 9.52 Å². The lowest BCUT2D eigenvalue weighted by molar-refractivity contribution is 0.469. The Labute approximate surface area is 172 Å². The van der Waals surface area contributed by atoms with Crippen LogP contribution in [0.5, 0.6) is 5.75 Å². The number of hydrogen-bond acceptors (Lipinski definition) is 3. The second-order valence-corrected chi connectivity index (χ2v) is 7.56. The summed E-state index contributed by atoms with van der Waals surface area (Å²) in [5.74, 6) is 0.105. The lowest BCUT2D eigenvalue weighted by Gasteiger charge is -2.08. The molecule has 3 nitrogen and oxygen atoms in total. The van der Waals surface area contributed by atoms with E-state index >= 15 is 0 Å². The van der Waals surface area contributed by atoms with E-state index in [0.717, 1.165) is 32.8 Å². The number of nitrogens with one attached hydrogen (secondary N) is 1. The molecule has 0 radical (unpaired) electrons. The van der Waals surface area contributed by atoms with Crippen molar-refractivity contribution in [1.82, 2.24) is 0 Å². The molecule has 0 unspecified atom stereocenters.